The van der Waals surface area contributed by atoms with Gasteiger partial charge in [0.25, 0.3) is 11.8 Å². The van der Waals surface area contributed by atoms with Crippen molar-refractivity contribution in [2.24, 2.45) is 0 Å². The zero-order valence-electron chi connectivity index (χ0n) is 16.1. The molecule has 0 bridgehead atoms. The van der Waals surface area contributed by atoms with Crippen molar-refractivity contribution in [3.8, 4) is 0 Å². The van der Waals surface area contributed by atoms with Crippen LogP contribution in [0.1, 0.15) is 40.6 Å². The van der Waals surface area contributed by atoms with E-state index in [4.69, 9.17) is 11.6 Å². The number of H-pyrrole nitrogens is 1. The minimum Gasteiger partial charge on any atom is -0.307 e. The third-order valence-corrected chi connectivity index (χ3v) is 4.67. The number of benzene rings is 2. The normalized spacial score (nSPS) is 10.7. The third kappa shape index (κ3) is 4.83. The molecule has 1 heterocycles. The Morgan fingerprint density at radius 2 is 1.83 bits per heavy atom. The number of aromatic nitrogens is 2. The van der Waals surface area contributed by atoms with Crippen LogP contribution in [0.3, 0.4) is 0 Å². The van der Waals surface area contributed by atoms with Gasteiger partial charge in [-0.05, 0) is 30.7 Å². The van der Waals surface area contributed by atoms with Gasteiger partial charge in [-0.15, -0.1) is 0 Å². The molecule has 0 saturated carbocycles. The number of aromatic amines is 1. The predicted molar refractivity (Wildman–Crippen MR) is 111 cm³/mol. The lowest BCUT2D eigenvalue weighted by Crippen LogP contribution is -2.32. The van der Waals surface area contributed by atoms with Crippen LogP contribution in [0.5, 0.6) is 0 Å². The molecule has 0 atom stereocenters. The molecule has 2 amide bonds. The first kappa shape index (κ1) is 21.4. The lowest BCUT2D eigenvalue weighted by Gasteiger charge is -2.21. The summed E-state index contributed by atoms with van der Waals surface area (Å²) < 4.78 is 26.6. The van der Waals surface area contributed by atoms with E-state index >= 15 is 0 Å². The summed E-state index contributed by atoms with van der Waals surface area (Å²) in [6.07, 6.45) is 1.73. The van der Waals surface area contributed by atoms with Gasteiger partial charge in [-0.2, -0.15) is 5.10 Å². The van der Waals surface area contributed by atoms with Gasteiger partial charge in [-0.3, -0.25) is 14.7 Å². The number of rotatable bonds is 7. The maximum atomic E-state index is 13.4. The summed E-state index contributed by atoms with van der Waals surface area (Å²) in [5.74, 6) is -3.40. The number of hydrogen-bond acceptors (Lipinski definition) is 3. The molecule has 0 spiro atoms. The smallest absolute Gasteiger partial charge is 0.276 e. The van der Waals surface area contributed by atoms with Crippen molar-refractivity contribution in [3.63, 3.8) is 0 Å². The summed E-state index contributed by atoms with van der Waals surface area (Å²) in [5, 5.41) is 8.69. The maximum Gasteiger partial charge on any atom is 0.276 e. The molecular formula is C21H19ClF2N4O2. The molecule has 0 radical (unpaired) electrons. The van der Waals surface area contributed by atoms with Crippen molar-refractivity contribution < 1.29 is 18.4 Å². The second-order valence-electron chi connectivity index (χ2n) is 6.51. The second-order valence-corrected chi connectivity index (χ2v) is 6.92. The summed E-state index contributed by atoms with van der Waals surface area (Å²) in [7, 11) is 0. The Balaban J connectivity index is 1.78. The van der Waals surface area contributed by atoms with Crippen LogP contribution in [0.4, 0.5) is 20.3 Å². The fourth-order valence-electron chi connectivity index (χ4n) is 2.79. The van der Waals surface area contributed by atoms with Crippen LogP contribution >= 0.6 is 11.6 Å². The van der Waals surface area contributed by atoms with Gasteiger partial charge in [0, 0.05) is 18.3 Å². The van der Waals surface area contributed by atoms with Crippen molar-refractivity contribution in [2.45, 2.75) is 19.8 Å². The van der Waals surface area contributed by atoms with Gasteiger partial charge in [0.1, 0.15) is 5.69 Å². The molecule has 0 aliphatic heterocycles. The van der Waals surface area contributed by atoms with Crippen molar-refractivity contribution in [3.05, 3.63) is 76.4 Å². The molecule has 0 aliphatic carbocycles. The molecule has 0 aliphatic rings. The van der Waals surface area contributed by atoms with E-state index in [-0.39, 0.29) is 28.0 Å². The van der Waals surface area contributed by atoms with E-state index in [9.17, 15) is 18.4 Å². The molecule has 30 heavy (non-hydrogen) atoms. The Hall–Kier alpha value is -3.26. The number of nitrogens with one attached hydrogen (secondary N) is 2. The number of nitrogens with zero attached hydrogens (tertiary/aromatic N) is 2. The van der Waals surface area contributed by atoms with Crippen LogP contribution in [-0.2, 0) is 0 Å². The average molecular weight is 433 g/mol. The molecular weight excluding hydrogens is 414 g/mol. The predicted octanol–water partition coefficient (Wildman–Crippen LogP) is 5.04. The van der Waals surface area contributed by atoms with Crippen LogP contribution in [0.25, 0.3) is 0 Å². The number of anilines is 2. The zero-order valence-corrected chi connectivity index (χ0v) is 16.8. The standard InChI is InChI=1S/C21H19ClF2N4O2/c1-2-3-9-28(13-7-5-4-6-8-13)21(30)18-12-19(27-26-18)25-20(29)14-10-16(23)17(24)11-15(14)22/h4-8,10-12H,2-3,9H2,1H3,(H2,25,26,27,29). The lowest BCUT2D eigenvalue weighted by atomic mass is 10.2. The topological polar surface area (TPSA) is 78.1 Å². The Labute approximate surface area is 176 Å². The first-order valence-electron chi connectivity index (χ1n) is 9.29. The summed E-state index contributed by atoms with van der Waals surface area (Å²) >= 11 is 5.82. The highest BCUT2D eigenvalue weighted by molar-refractivity contribution is 6.34. The molecule has 0 fully saturated rings. The minimum absolute atomic E-state index is 0.0488. The fraction of sp³-hybridized carbons (Fsp3) is 0.190. The van der Waals surface area contributed by atoms with Crippen LogP contribution in [0.2, 0.25) is 5.02 Å². The number of amides is 2. The van der Waals surface area contributed by atoms with Gasteiger partial charge in [0.15, 0.2) is 17.5 Å². The van der Waals surface area contributed by atoms with Gasteiger partial charge in [0.2, 0.25) is 0 Å². The molecule has 156 valence electrons. The van der Waals surface area contributed by atoms with E-state index in [2.05, 4.69) is 15.5 Å². The molecule has 3 aromatic rings. The van der Waals surface area contributed by atoms with Gasteiger partial charge in [0.05, 0.1) is 10.6 Å². The second kappa shape index (κ2) is 9.49. The molecule has 0 saturated heterocycles. The Bertz CT molecular complexity index is 1060. The monoisotopic (exact) mass is 432 g/mol. The number of carbonyl (C=O) groups is 2. The number of carbonyl (C=O) groups excluding carboxylic acids is 2. The van der Waals surface area contributed by atoms with Crippen LogP contribution < -0.4 is 10.2 Å². The lowest BCUT2D eigenvalue weighted by molar-refractivity contribution is 0.0980. The van der Waals surface area contributed by atoms with E-state index in [1.54, 1.807) is 4.90 Å². The van der Waals surface area contributed by atoms with Crippen LogP contribution in [0.15, 0.2) is 48.5 Å². The summed E-state index contributed by atoms with van der Waals surface area (Å²) in [6, 6.07) is 12.0. The highest BCUT2D eigenvalue weighted by Crippen LogP contribution is 2.22. The summed E-state index contributed by atoms with van der Waals surface area (Å²) in [6.45, 7) is 2.55. The number of halogens is 3. The molecule has 6 nitrogen and oxygen atoms in total. The third-order valence-electron chi connectivity index (χ3n) is 4.35. The molecule has 0 unspecified atom stereocenters. The van der Waals surface area contributed by atoms with Gasteiger partial charge in [-0.25, -0.2) is 8.78 Å². The van der Waals surface area contributed by atoms with Gasteiger partial charge < -0.3 is 10.2 Å². The SMILES string of the molecule is CCCCN(C(=O)c1cc(NC(=O)c2cc(F)c(F)cc2Cl)n[nH]1)c1ccccc1. The van der Waals surface area contributed by atoms with Crippen molar-refractivity contribution in [1.29, 1.82) is 0 Å². The fourth-order valence-corrected chi connectivity index (χ4v) is 3.03. The van der Waals surface area contributed by atoms with E-state index in [0.717, 1.165) is 24.6 Å². The minimum atomic E-state index is -1.20. The average Bonchev–Trinajstić information content (AvgIpc) is 3.20. The van der Waals surface area contributed by atoms with Gasteiger partial charge >= 0.3 is 0 Å². The maximum absolute atomic E-state index is 13.4. The first-order chi connectivity index (χ1) is 14.4. The number of para-hydroxylation sites is 1. The molecule has 3 rings (SSSR count). The van der Waals surface area contributed by atoms with E-state index in [1.807, 2.05) is 37.3 Å². The number of hydrogen-bond donors (Lipinski definition) is 2. The Morgan fingerprint density at radius 1 is 1.13 bits per heavy atom. The van der Waals surface area contributed by atoms with Crippen LogP contribution in [0, 0.1) is 11.6 Å². The van der Waals surface area contributed by atoms with E-state index in [0.29, 0.717) is 12.6 Å². The largest absolute Gasteiger partial charge is 0.307 e. The molecule has 1 aromatic heterocycles. The highest BCUT2D eigenvalue weighted by atomic mass is 35.5. The zero-order chi connectivity index (χ0) is 21.7. The molecule has 2 N–H and O–H groups in total. The molecule has 9 heteroatoms. The van der Waals surface area contributed by atoms with E-state index in [1.165, 1.54) is 6.07 Å². The molecule has 2 aromatic carbocycles. The number of unbranched alkanes of at least 4 members (excludes halogenated alkanes) is 1. The van der Waals surface area contributed by atoms with Crippen molar-refractivity contribution >= 4 is 34.9 Å². The summed E-state index contributed by atoms with van der Waals surface area (Å²) in [4.78, 5) is 26.9. The quantitative estimate of drug-likeness (QED) is 0.513. The summed E-state index contributed by atoms with van der Waals surface area (Å²) in [5.41, 5.74) is 0.659. The Kier molecular flexibility index (Phi) is 6.79. The van der Waals surface area contributed by atoms with Crippen molar-refractivity contribution in [2.75, 3.05) is 16.8 Å². The van der Waals surface area contributed by atoms with Crippen molar-refractivity contribution in [1.82, 2.24) is 10.2 Å². The first-order valence-corrected chi connectivity index (χ1v) is 9.66. The van der Waals surface area contributed by atoms with Crippen LogP contribution in [-0.4, -0.2) is 28.6 Å². The highest BCUT2D eigenvalue weighted by Gasteiger charge is 2.21. The van der Waals surface area contributed by atoms with Gasteiger partial charge in [-0.1, -0.05) is 43.1 Å². The Morgan fingerprint density at radius 3 is 2.53 bits per heavy atom. The van der Waals surface area contributed by atoms with E-state index < -0.39 is 17.5 Å².